The molecule has 7 nitrogen and oxygen atoms in total. The summed E-state index contributed by atoms with van der Waals surface area (Å²) in [4.78, 5) is 15.2. The fraction of sp³-hybridized carbons (Fsp3) is 0.389. The standard InChI is InChI=1S/C18H21BFN3O4/c1-17(2)18(3,4)27-19(26-17)14(20)9-12-10-23(11-15(24)25)22-16(12)13-7-5-6-8-21-13/h5-10H,11H2,1-4H3,(H,24,25). The maximum absolute atomic E-state index is 14.9. The number of carboxylic acid groups (broad SMARTS) is 1. The van der Waals surface area contributed by atoms with Crippen LogP contribution in [0.3, 0.4) is 0 Å². The van der Waals surface area contributed by atoms with Crippen LogP contribution in [0, 0.1) is 0 Å². The van der Waals surface area contributed by atoms with Crippen molar-refractivity contribution in [2.24, 2.45) is 0 Å². The molecule has 3 heterocycles. The number of nitrogens with zero attached hydrogens (tertiary/aromatic N) is 3. The number of carbonyl (C=O) groups is 1. The Kier molecular flexibility index (Phi) is 4.92. The van der Waals surface area contributed by atoms with Crippen LogP contribution in [0.15, 0.2) is 36.3 Å². The predicted molar refractivity (Wildman–Crippen MR) is 98.3 cm³/mol. The van der Waals surface area contributed by atoms with Gasteiger partial charge in [-0.15, -0.1) is 0 Å². The van der Waals surface area contributed by atoms with Crippen LogP contribution in [0.5, 0.6) is 0 Å². The van der Waals surface area contributed by atoms with Gasteiger partial charge in [0.15, 0.2) is 0 Å². The lowest BCUT2D eigenvalue weighted by Gasteiger charge is -2.32. The molecule has 0 amide bonds. The van der Waals surface area contributed by atoms with Crippen LogP contribution in [0.2, 0.25) is 0 Å². The van der Waals surface area contributed by atoms with Crippen LogP contribution in [0.25, 0.3) is 17.5 Å². The van der Waals surface area contributed by atoms with Crippen LogP contribution < -0.4 is 0 Å². The smallest absolute Gasteiger partial charge is 0.480 e. The van der Waals surface area contributed by atoms with E-state index in [9.17, 15) is 9.18 Å². The zero-order valence-electron chi connectivity index (χ0n) is 15.6. The minimum atomic E-state index is -1.14. The summed E-state index contributed by atoms with van der Waals surface area (Å²) in [6, 6.07) is 5.24. The molecule has 1 aliphatic heterocycles. The molecule has 0 aliphatic carbocycles. The normalized spacial score (nSPS) is 18.7. The summed E-state index contributed by atoms with van der Waals surface area (Å²) in [6.07, 6.45) is 4.30. The van der Waals surface area contributed by atoms with E-state index in [4.69, 9.17) is 14.4 Å². The topological polar surface area (TPSA) is 86.5 Å². The molecule has 1 fully saturated rings. The van der Waals surface area contributed by atoms with Gasteiger partial charge >= 0.3 is 13.1 Å². The van der Waals surface area contributed by atoms with Gasteiger partial charge in [-0.3, -0.25) is 14.5 Å². The molecule has 2 aromatic rings. The Hall–Kier alpha value is -2.52. The molecule has 0 spiro atoms. The van der Waals surface area contributed by atoms with Crippen molar-refractivity contribution in [1.29, 1.82) is 0 Å². The Bertz CT molecular complexity index is 864. The van der Waals surface area contributed by atoms with Gasteiger partial charge in [0.2, 0.25) is 0 Å². The molecule has 1 saturated heterocycles. The van der Waals surface area contributed by atoms with Crippen molar-refractivity contribution in [3.05, 3.63) is 41.9 Å². The van der Waals surface area contributed by atoms with E-state index in [1.807, 2.05) is 27.7 Å². The van der Waals surface area contributed by atoms with Gasteiger partial charge in [-0.05, 0) is 45.9 Å². The van der Waals surface area contributed by atoms with Crippen LogP contribution in [0.4, 0.5) is 4.39 Å². The number of aromatic nitrogens is 3. The van der Waals surface area contributed by atoms with Crippen molar-refractivity contribution in [3.8, 4) is 11.4 Å². The third-order valence-electron chi connectivity index (χ3n) is 4.77. The Morgan fingerprint density at radius 1 is 1.30 bits per heavy atom. The number of aliphatic carboxylic acids is 1. The molecule has 142 valence electrons. The first-order valence-electron chi connectivity index (χ1n) is 8.52. The average molecular weight is 373 g/mol. The first-order valence-corrected chi connectivity index (χ1v) is 8.52. The Morgan fingerprint density at radius 3 is 2.52 bits per heavy atom. The minimum absolute atomic E-state index is 0.341. The summed E-state index contributed by atoms with van der Waals surface area (Å²) < 4.78 is 27.5. The first-order chi connectivity index (χ1) is 12.6. The maximum atomic E-state index is 14.9. The van der Waals surface area contributed by atoms with Gasteiger partial charge in [0.1, 0.15) is 18.0 Å². The molecule has 2 aromatic heterocycles. The molecule has 1 N–H and O–H groups in total. The number of pyridine rings is 1. The number of hydrogen-bond donors (Lipinski definition) is 1. The van der Waals surface area contributed by atoms with Crippen LogP contribution in [-0.2, 0) is 20.6 Å². The minimum Gasteiger partial charge on any atom is -0.480 e. The first kappa shape index (κ1) is 19.3. The van der Waals surface area contributed by atoms with Crippen molar-refractivity contribution in [3.63, 3.8) is 0 Å². The molecule has 0 aromatic carbocycles. The van der Waals surface area contributed by atoms with Gasteiger partial charge in [-0.25, -0.2) is 4.39 Å². The van der Waals surface area contributed by atoms with Crippen molar-refractivity contribution < 1.29 is 23.6 Å². The molecule has 0 saturated carbocycles. The van der Waals surface area contributed by atoms with Gasteiger partial charge in [0.25, 0.3) is 0 Å². The number of halogens is 1. The lowest BCUT2D eigenvalue weighted by atomic mass is 9.87. The molecular weight excluding hydrogens is 352 g/mol. The monoisotopic (exact) mass is 373 g/mol. The van der Waals surface area contributed by atoms with Crippen LogP contribution in [-0.4, -0.2) is 44.2 Å². The second kappa shape index (κ2) is 6.90. The second-order valence-corrected chi connectivity index (χ2v) is 7.36. The van der Waals surface area contributed by atoms with Gasteiger partial charge in [-0.1, -0.05) is 6.07 Å². The van der Waals surface area contributed by atoms with Gasteiger partial charge in [0.05, 0.1) is 16.9 Å². The van der Waals surface area contributed by atoms with E-state index in [1.54, 1.807) is 24.4 Å². The van der Waals surface area contributed by atoms with E-state index in [1.165, 1.54) is 17.0 Å². The third-order valence-corrected chi connectivity index (χ3v) is 4.77. The van der Waals surface area contributed by atoms with Crippen molar-refractivity contribution in [2.75, 3.05) is 0 Å². The van der Waals surface area contributed by atoms with Crippen molar-refractivity contribution in [1.82, 2.24) is 14.8 Å². The molecule has 0 radical (unpaired) electrons. The van der Waals surface area contributed by atoms with Gasteiger partial charge in [-0.2, -0.15) is 5.10 Å². The lowest BCUT2D eigenvalue weighted by molar-refractivity contribution is -0.137. The highest BCUT2D eigenvalue weighted by atomic mass is 19.1. The highest BCUT2D eigenvalue weighted by Crippen LogP contribution is 2.39. The zero-order chi connectivity index (χ0) is 19.8. The molecule has 0 bridgehead atoms. The van der Waals surface area contributed by atoms with Crippen molar-refractivity contribution in [2.45, 2.75) is 45.4 Å². The van der Waals surface area contributed by atoms with Crippen LogP contribution in [0.1, 0.15) is 33.3 Å². The fourth-order valence-electron chi connectivity index (χ4n) is 2.64. The van der Waals surface area contributed by atoms with Crippen LogP contribution >= 0.6 is 0 Å². The molecule has 3 rings (SSSR count). The number of carboxylic acids is 1. The molecule has 0 atom stereocenters. The van der Waals surface area contributed by atoms with Crippen molar-refractivity contribution >= 4 is 19.2 Å². The van der Waals surface area contributed by atoms with E-state index >= 15 is 0 Å². The van der Waals surface area contributed by atoms with E-state index < -0.39 is 30.0 Å². The number of hydrogen-bond acceptors (Lipinski definition) is 5. The zero-order valence-corrected chi connectivity index (χ0v) is 15.6. The predicted octanol–water partition coefficient (Wildman–Crippen LogP) is 2.97. The summed E-state index contributed by atoms with van der Waals surface area (Å²) in [5.74, 6) is -1.05. The lowest BCUT2D eigenvalue weighted by Crippen LogP contribution is -2.41. The van der Waals surface area contributed by atoms with E-state index in [2.05, 4.69) is 10.1 Å². The van der Waals surface area contributed by atoms with E-state index in [-0.39, 0.29) is 6.54 Å². The highest BCUT2D eigenvalue weighted by molar-refractivity contribution is 6.54. The van der Waals surface area contributed by atoms with E-state index in [0.717, 1.165) is 0 Å². The molecule has 1 aliphatic rings. The quantitative estimate of drug-likeness (QED) is 0.811. The summed E-state index contributed by atoms with van der Waals surface area (Å²) in [7, 11) is -1.14. The average Bonchev–Trinajstić information content (AvgIpc) is 3.05. The molecule has 27 heavy (non-hydrogen) atoms. The maximum Gasteiger partial charge on any atom is 0.525 e. The molecular formula is C18H21BFN3O4. The largest absolute Gasteiger partial charge is 0.525 e. The summed E-state index contributed by atoms with van der Waals surface area (Å²) in [6.45, 7) is 7.01. The van der Waals surface area contributed by atoms with Gasteiger partial charge < -0.3 is 14.4 Å². The second-order valence-electron chi connectivity index (χ2n) is 7.36. The SMILES string of the molecule is CC1(C)OB(C(F)=Cc2cn(CC(=O)O)nc2-c2ccccn2)OC1(C)C. The summed E-state index contributed by atoms with van der Waals surface area (Å²) >= 11 is 0. The molecule has 0 unspecified atom stereocenters. The Balaban J connectivity index is 1.97. The Labute approximate surface area is 157 Å². The Morgan fingerprint density at radius 2 is 1.96 bits per heavy atom. The molecule has 9 heteroatoms. The third kappa shape index (κ3) is 3.94. The number of rotatable bonds is 5. The highest BCUT2D eigenvalue weighted by Gasteiger charge is 2.53. The summed E-state index contributed by atoms with van der Waals surface area (Å²) in [5.41, 5.74) is -0.679. The van der Waals surface area contributed by atoms with Gasteiger partial charge in [0, 0.05) is 18.0 Å². The van der Waals surface area contributed by atoms with E-state index in [0.29, 0.717) is 17.0 Å². The fourth-order valence-corrected chi connectivity index (χ4v) is 2.64. The summed E-state index contributed by atoms with van der Waals surface area (Å²) in [5, 5.41) is 13.2.